The molecule has 0 fully saturated rings. The molecule has 0 aliphatic rings. The van der Waals surface area contributed by atoms with E-state index in [1.54, 1.807) is 18.3 Å². The van der Waals surface area contributed by atoms with Crippen LogP contribution in [0, 0.1) is 0 Å². The molecular formula is C20H16Cl3N5S. The van der Waals surface area contributed by atoms with E-state index >= 15 is 0 Å². The molecule has 2 aromatic carbocycles. The van der Waals surface area contributed by atoms with E-state index in [9.17, 15) is 0 Å². The molecule has 0 aliphatic carbocycles. The lowest BCUT2D eigenvalue weighted by molar-refractivity contribution is 0.388. The van der Waals surface area contributed by atoms with Crippen LogP contribution in [0.4, 0.5) is 0 Å². The van der Waals surface area contributed by atoms with Crippen LogP contribution in [-0.4, -0.2) is 14.4 Å². The number of fused-ring (bicyclic) bond motifs is 1. The number of rotatable bonds is 5. The number of hydrazine groups is 1. The maximum atomic E-state index is 6.45. The summed E-state index contributed by atoms with van der Waals surface area (Å²) in [6.45, 7) is 0.416. The van der Waals surface area contributed by atoms with Crippen molar-refractivity contribution in [3.05, 3.63) is 86.6 Å². The van der Waals surface area contributed by atoms with E-state index in [-0.39, 0.29) is 0 Å². The van der Waals surface area contributed by atoms with E-state index in [1.807, 2.05) is 46.3 Å². The standard InChI is InChI=1S/C20H16Cl3N5S/c21-14-4-2-13(3-5-14)18-19(28-7-8-29-20(28)26-18)17(24)11-27(25)10-12-1-6-15(22)16(23)9-12/h1-9,11H,10,24-25H2/b17-11-. The number of nitrogens with two attached hydrogens (primary N) is 2. The van der Waals surface area contributed by atoms with Crippen molar-refractivity contribution in [2.24, 2.45) is 11.6 Å². The van der Waals surface area contributed by atoms with Gasteiger partial charge < -0.3 is 10.7 Å². The van der Waals surface area contributed by atoms with Crippen LogP contribution < -0.4 is 11.6 Å². The number of nitrogens with zero attached hydrogens (tertiary/aromatic N) is 3. The average molecular weight is 465 g/mol. The molecule has 0 atom stereocenters. The Morgan fingerprint density at radius 2 is 1.86 bits per heavy atom. The summed E-state index contributed by atoms with van der Waals surface area (Å²) >= 11 is 19.6. The number of thiazole rings is 1. The first-order chi connectivity index (χ1) is 13.9. The molecule has 0 radical (unpaired) electrons. The predicted octanol–water partition coefficient (Wildman–Crippen LogP) is 5.66. The fourth-order valence-corrected chi connectivity index (χ4v) is 4.17. The van der Waals surface area contributed by atoms with Crippen LogP contribution in [0.25, 0.3) is 21.9 Å². The van der Waals surface area contributed by atoms with Gasteiger partial charge in [-0.05, 0) is 29.8 Å². The van der Waals surface area contributed by atoms with Crippen molar-refractivity contribution in [2.45, 2.75) is 6.54 Å². The molecule has 0 bridgehead atoms. The highest BCUT2D eigenvalue weighted by atomic mass is 35.5. The van der Waals surface area contributed by atoms with Crippen LogP contribution in [0.15, 0.2) is 60.2 Å². The molecule has 4 rings (SSSR count). The van der Waals surface area contributed by atoms with Gasteiger partial charge in [-0.3, -0.25) is 4.40 Å². The van der Waals surface area contributed by atoms with E-state index in [1.165, 1.54) is 16.3 Å². The summed E-state index contributed by atoms with van der Waals surface area (Å²) in [4.78, 5) is 5.57. The molecular weight excluding hydrogens is 449 g/mol. The Bertz CT molecular complexity index is 1200. The third kappa shape index (κ3) is 4.22. The smallest absolute Gasteiger partial charge is 0.194 e. The van der Waals surface area contributed by atoms with Gasteiger partial charge in [0, 0.05) is 28.4 Å². The molecule has 0 unspecified atom stereocenters. The van der Waals surface area contributed by atoms with Crippen molar-refractivity contribution >= 4 is 56.8 Å². The fraction of sp³-hybridized carbons (Fsp3) is 0.0500. The minimum atomic E-state index is 0.416. The molecule has 9 heteroatoms. The van der Waals surface area contributed by atoms with Gasteiger partial charge in [-0.1, -0.05) is 53.0 Å². The number of hydrogen-bond donors (Lipinski definition) is 2. The third-order valence-electron chi connectivity index (χ3n) is 4.31. The van der Waals surface area contributed by atoms with Gasteiger partial charge in [0.1, 0.15) is 0 Å². The van der Waals surface area contributed by atoms with Gasteiger partial charge in [0.15, 0.2) is 4.96 Å². The van der Waals surface area contributed by atoms with Crippen LogP contribution >= 0.6 is 46.1 Å². The highest BCUT2D eigenvalue weighted by Gasteiger charge is 2.17. The summed E-state index contributed by atoms with van der Waals surface area (Å²) in [7, 11) is 0. The summed E-state index contributed by atoms with van der Waals surface area (Å²) in [6.07, 6.45) is 3.62. The monoisotopic (exact) mass is 463 g/mol. The molecule has 4 N–H and O–H groups in total. The van der Waals surface area contributed by atoms with E-state index in [4.69, 9.17) is 51.4 Å². The molecule has 0 spiro atoms. The topological polar surface area (TPSA) is 72.6 Å². The average Bonchev–Trinajstić information content (AvgIpc) is 3.26. The Labute approximate surface area is 186 Å². The normalized spacial score (nSPS) is 11.9. The van der Waals surface area contributed by atoms with Crippen molar-refractivity contribution in [3.8, 4) is 11.3 Å². The number of aromatic nitrogens is 2. The lowest BCUT2D eigenvalue weighted by Crippen LogP contribution is -2.26. The number of imidazole rings is 1. The second-order valence-corrected chi connectivity index (χ2v) is 8.50. The lowest BCUT2D eigenvalue weighted by atomic mass is 10.1. The molecule has 148 valence electrons. The Hall–Kier alpha value is -2.22. The molecule has 0 aliphatic heterocycles. The van der Waals surface area contributed by atoms with Gasteiger partial charge >= 0.3 is 0 Å². The Balaban J connectivity index is 1.69. The molecule has 2 heterocycles. The van der Waals surface area contributed by atoms with Crippen LogP contribution in [0.2, 0.25) is 15.1 Å². The quantitative estimate of drug-likeness (QED) is 0.295. The second-order valence-electron chi connectivity index (χ2n) is 6.38. The first-order valence-corrected chi connectivity index (χ1v) is 10.6. The Kier molecular flexibility index (Phi) is 5.72. The number of benzene rings is 2. The van der Waals surface area contributed by atoms with Crippen molar-refractivity contribution in [1.29, 1.82) is 0 Å². The van der Waals surface area contributed by atoms with Gasteiger partial charge in [-0.25, -0.2) is 10.8 Å². The maximum absolute atomic E-state index is 6.45. The van der Waals surface area contributed by atoms with Gasteiger partial charge in [-0.15, -0.1) is 11.3 Å². The predicted molar refractivity (Wildman–Crippen MR) is 122 cm³/mol. The summed E-state index contributed by atoms with van der Waals surface area (Å²) in [5, 5.41) is 5.11. The minimum Gasteiger partial charge on any atom is -0.396 e. The lowest BCUT2D eigenvalue weighted by Gasteiger charge is -2.16. The van der Waals surface area contributed by atoms with Crippen LogP contribution in [0.5, 0.6) is 0 Å². The molecule has 0 saturated heterocycles. The van der Waals surface area contributed by atoms with Gasteiger partial charge in [0.2, 0.25) is 0 Å². The second kappa shape index (κ2) is 8.26. The first-order valence-electron chi connectivity index (χ1n) is 8.57. The molecule has 4 aromatic rings. The number of hydrogen-bond acceptors (Lipinski definition) is 5. The highest BCUT2D eigenvalue weighted by Crippen LogP contribution is 2.31. The zero-order valence-electron chi connectivity index (χ0n) is 15.0. The third-order valence-corrected chi connectivity index (χ3v) is 6.05. The zero-order chi connectivity index (χ0) is 20.5. The van der Waals surface area contributed by atoms with Crippen molar-refractivity contribution in [2.75, 3.05) is 0 Å². The fourth-order valence-electron chi connectivity index (χ4n) is 3.00. The summed E-state index contributed by atoms with van der Waals surface area (Å²) < 4.78 is 1.95. The maximum Gasteiger partial charge on any atom is 0.194 e. The highest BCUT2D eigenvalue weighted by molar-refractivity contribution is 7.15. The van der Waals surface area contributed by atoms with Crippen LogP contribution in [-0.2, 0) is 6.54 Å². The summed E-state index contributed by atoms with van der Waals surface area (Å²) in [5.74, 6) is 6.19. The Morgan fingerprint density at radius 3 is 2.59 bits per heavy atom. The van der Waals surface area contributed by atoms with Crippen molar-refractivity contribution < 1.29 is 0 Å². The summed E-state index contributed by atoms with van der Waals surface area (Å²) in [5.41, 5.74) is 10.3. The van der Waals surface area contributed by atoms with Gasteiger partial charge in [0.25, 0.3) is 0 Å². The summed E-state index contributed by atoms with van der Waals surface area (Å²) in [6, 6.07) is 12.9. The zero-order valence-corrected chi connectivity index (χ0v) is 18.1. The van der Waals surface area contributed by atoms with E-state index in [0.29, 0.717) is 27.3 Å². The SMILES string of the molecule is N/C(=C\N(N)Cc1ccc(Cl)c(Cl)c1)c1c(-c2ccc(Cl)cc2)nc2sccn12. The first kappa shape index (κ1) is 20.1. The molecule has 0 saturated carbocycles. The molecule has 0 amide bonds. The minimum absolute atomic E-state index is 0.416. The van der Waals surface area contributed by atoms with Crippen molar-refractivity contribution in [1.82, 2.24) is 14.4 Å². The Morgan fingerprint density at radius 1 is 1.10 bits per heavy atom. The number of halogens is 3. The molecule has 5 nitrogen and oxygen atoms in total. The molecule has 29 heavy (non-hydrogen) atoms. The van der Waals surface area contributed by atoms with E-state index in [0.717, 1.165) is 27.5 Å². The molecule has 2 aromatic heterocycles. The van der Waals surface area contributed by atoms with Gasteiger partial charge in [0.05, 0.1) is 33.7 Å². The van der Waals surface area contributed by atoms with Gasteiger partial charge in [-0.2, -0.15) is 0 Å². The van der Waals surface area contributed by atoms with Crippen molar-refractivity contribution in [3.63, 3.8) is 0 Å². The van der Waals surface area contributed by atoms with E-state index in [2.05, 4.69) is 0 Å². The van der Waals surface area contributed by atoms with Crippen LogP contribution in [0.1, 0.15) is 11.3 Å². The van der Waals surface area contributed by atoms with E-state index < -0.39 is 0 Å². The van der Waals surface area contributed by atoms with Crippen LogP contribution in [0.3, 0.4) is 0 Å². The largest absolute Gasteiger partial charge is 0.396 e.